The minimum absolute atomic E-state index is 0.0827. The Balaban J connectivity index is 1.52. The van der Waals surface area contributed by atoms with Crippen LogP contribution in [0.4, 0.5) is 24.5 Å². The number of nitro benzene ring substituents is 1. The Labute approximate surface area is 188 Å². The summed E-state index contributed by atoms with van der Waals surface area (Å²) in [5.41, 5.74) is -0.675. The monoisotopic (exact) mass is 464 g/mol. The average molecular weight is 464 g/mol. The fourth-order valence-electron chi connectivity index (χ4n) is 3.69. The zero-order valence-corrected chi connectivity index (χ0v) is 17.9. The van der Waals surface area contributed by atoms with Crippen molar-refractivity contribution < 1.29 is 27.7 Å². The topological polar surface area (TPSA) is 95.8 Å². The number of piperazine rings is 1. The molecule has 0 atom stereocenters. The lowest BCUT2D eigenvalue weighted by Crippen LogP contribution is -2.49. The molecule has 1 N–H and O–H groups in total. The summed E-state index contributed by atoms with van der Waals surface area (Å²) >= 11 is 0. The van der Waals surface area contributed by atoms with Gasteiger partial charge in [-0.25, -0.2) is 0 Å². The number of carbonyl (C=O) groups is 2. The summed E-state index contributed by atoms with van der Waals surface area (Å²) in [6, 6.07) is 9.16. The van der Waals surface area contributed by atoms with E-state index in [1.807, 2.05) is 4.90 Å². The number of alkyl halides is 3. The van der Waals surface area contributed by atoms with E-state index in [0.29, 0.717) is 30.9 Å². The molecule has 1 heterocycles. The lowest BCUT2D eigenvalue weighted by atomic mass is 10.1. The number of anilines is 1. The van der Waals surface area contributed by atoms with Crippen LogP contribution in [0.1, 0.15) is 27.9 Å². The molecule has 1 aliphatic rings. The fourth-order valence-corrected chi connectivity index (χ4v) is 3.69. The second-order valence-corrected chi connectivity index (χ2v) is 7.68. The summed E-state index contributed by atoms with van der Waals surface area (Å²) in [6.45, 7) is 3.28. The number of nitrogens with one attached hydrogen (secondary N) is 1. The normalized spacial score (nSPS) is 14.7. The molecular weight excluding hydrogens is 441 g/mol. The summed E-state index contributed by atoms with van der Waals surface area (Å²) in [5.74, 6) is -0.974. The van der Waals surface area contributed by atoms with Crippen molar-refractivity contribution in [3.05, 3.63) is 69.3 Å². The highest BCUT2D eigenvalue weighted by atomic mass is 19.4. The molecule has 0 aliphatic carbocycles. The number of hydrogen-bond donors (Lipinski definition) is 1. The van der Waals surface area contributed by atoms with E-state index in [-0.39, 0.29) is 36.7 Å². The first-order valence-electron chi connectivity index (χ1n) is 10.3. The van der Waals surface area contributed by atoms with Crippen molar-refractivity contribution in [1.82, 2.24) is 9.80 Å². The van der Waals surface area contributed by atoms with Crippen molar-refractivity contribution in [2.24, 2.45) is 0 Å². The predicted octanol–water partition coefficient (Wildman–Crippen LogP) is 3.71. The number of carbonyl (C=O) groups excluding carboxylic acids is 2. The van der Waals surface area contributed by atoms with E-state index in [0.717, 1.165) is 6.07 Å². The highest BCUT2D eigenvalue weighted by molar-refractivity contribution is 5.96. The molecule has 2 amide bonds. The maximum absolute atomic E-state index is 13.2. The standard InChI is InChI=1S/C22H23F3N4O4/c1-15-18(7-4-8-19(15)29(32)33)26-20(30)9-10-27-11-13-28(14-12-27)21(31)16-5-2-3-6-17(16)22(23,24)25/h2-8H,9-14H2,1H3,(H,26,30). The Morgan fingerprint density at radius 3 is 2.36 bits per heavy atom. The molecule has 0 bridgehead atoms. The molecule has 0 unspecified atom stereocenters. The van der Waals surface area contributed by atoms with Crippen LogP contribution in [0.25, 0.3) is 0 Å². The van der Waals surface area contributed by atoms with Gasteiger partial charge in [-0.2, -0.15) is 13.2 Å². The summed E-state index contributed by atoms with van der Waals surface area (Å²) in [4.78, 5) is 38.8. The molecule has 0 radical (unpaired) electrons. The molecule has 1 fully saturated rings. The molecule has 3 rings (SSSR count). The van der Waals surface area contributed by atoms with Gasteiger partial charge in [0, 0.05) is 45.2 Å². The lowest BCUT2D eigenvalue weighted by molar-refractivity contribution is -0.385. The largest absolute Gasteiger partial charge is 0.417 e. The van der Waals surface area contributed by atoms with Crippen LogP contribution in [0, 0.1) is 17.0 Å². The number of rotatable bonds is 6. The van der Waals surface area contributed by atoms with Gasteiger partial charge >= 0.3 is 6.18 Å². The quantitative estimate of drug-likeness (QED) is 0.520. The lowest BCUT2D eigenvalue weighted by Gasteiger charge is -2.35. The Bertz CT molecular complexity index is 1050. The van der Waals surface area contributed by atoms with E-state index in [1.165, 1.54) is 35.2 Å². The second-order valence-electron chi connectivity index (χ2n) is 7.68. The molecule has 11 heteroatoms. The summed E-state index contributed by atoms with van der Waals surface area (Å²) in [7, 11) is 0. The van der Waals surface area contributed by atoms with Crippen LogP contribution in [0.5, 0.6) is 0 Å². The maximum Gasteiger partial charge on any atom is 0.417 e. The Kier molecular flexibility index (Phi) is 7.32. The predicted molar refractivity (Wildman–Crippen MR) is 115 cm³/mol. The molecule has 2 aromatic carbocycles. The molecular formula is C22H23F3N4O4. The summed E-state index contributed by atoms with van der Waals surface area (Å²) in [6.07, 6.45) is -4.48. The molecule has 0 spiro atoms. The van der Waals surface area contributed by atoms with Gasteiger partial charge in [-0.1, -0.05) is 18.2 Å². The highest BCUT2D eigenvalue weighted by Crippen LogP contribution is 2.32. The van der Waals surface area contributed by atoms with Crippen molar-refractivity contribution >= 4 is 23.2 Å². The number of hydrogen-bond acceptors (Lipinski definition) is 5. The fraction of sp³-hybridized carbons (Fsp3) is 0.364. The van der Waals surface area contributed by atoms with Crippen LogP contribution in [-0.4, -0.2) is 59.3 Å². The molecule has 8 nitrogen and oxygen atoms in total. The van der Waals surface area contributed by atoms with Gasteiger partial charge in [0.2, 0.25) is 5.91 Å². The van der Waals surface area contributed by atoms with Crippen LogP contribution in [0.3, 0.4) is 0 Å². The second kappa shape index (κ2) is 9.99. The number of nitrogens with zero attached hydrogens (tertiary/aromatic N) is 3. The minimum atomic E-state index is -4.61. The number of halogens is 3. The van der Waals surface area contributed by atoms with Crippen molar-refractivity contribution in [2.45, 2.75) is 19.5 Å². The molecule has 33 heavy (non-hydrogen) atoms. The van der Waals surface area contributed by atoms with Gasteiger partial charge in [0.25, 0.3) is 11.6 Å². The third-order valence-electron chi connectivity index (χ3n) is 5.55. The third kappa shape index (κ3) is 5.86. The zero-order chi connectivity index (χ0) is 24.2. The third-order valence-corrected chi connectivity index (χ3v) is 5.55. The van der Waals surface area contributed by atoms with E-state index in [1.54, 1.807) is 13.0 Å². The van der Waals surface area contributed by atoms with Crippen LogP contribution < -0.4 is 5.32 Å². The Morgan fingerprint density at radius 2 is 1.73 bits per heavy atom. The first-order valence-corrected chi connectivity index (χ1v) is 10.3. The van der Waals surface area contributed by atoms with Crippen LogP contribution in [0.15, 0.2) is 42.5 Å². The zero-order valence-electron chi connectivity index (χ0n) is 17.9. The van der Waals surface area contributed by atoms with Gasteiger partial charge in [-0.3, -0.25) is 24.6 Å². The van der Waals surface area contributed by atoms with Gasteiger partial charge in [-0.05, 0) is 25.1 Å². The van der Waals surface area contributed by atoms with Crippen LogP contribution in [-0.2, 0) is 11.0 Å². The van der Waals surface area contributed by atoms with Crippen molar-refractivity contribution in [3.8, 4) is 0 Å². The van der Waals surface area contributed by atoms with Crippen molar-refractivity contribution in [2.75, 3.05) is 38.0 Å². The number of nitro groups is 1. The summed E-state index contributed by atoms with van der Waals surface area (Å²) < 4.78 is 39.6. The molecule has 0 saturated carbocycles. The maximum atomic E-state index is 13.2. The van der Waals surface area contributed by atoms with E-state index >= 15 is 0 Å². The SMILES string of the molecule is Cc1c(NC(=O)CCN2CCN(C(=O)c3ccccc3C(F)(F)F)CC2)cccc1[N+](=O)[O-]. The van der Waals surface area contributed by atoms with Crippen molar-refractivity contribution in [3.63, 3.8) is 0 Å². The van der Waals surface area contributed by atoms with E-state index in [4.69, 9.17) is 0 Å². The average Bonchev–Trinajstić information content (AvgIpc) is 2.78. The molecule has 2 aromatic rings. The molecule has 0 aromatic heterocycles. The van der Waals surface area contributed by atoms with Crippen molar-refractivity contribution in [1.29, 1.82) is 0 Å². The van der Waals surface area contributed by atoms with Gasteiger partial charge in [0.15, 0.2) is 0 Å². The van der Waals surface area contributed by atoms with Gasteiger partial charge in [0.05, 0.1) is 27.3 Å². The number of benzene rings is 2. The van der Waals surface area contributed by atoms with Crippen LogP contribution in [0.2, 0.25) is 0 Å². The molecule has 1 saturated heterocycles. The van der Waals surface area contributed by atoms with E-state index < -0.39 is 22.6 Å². The first kappa shape index (κ1) is 24.2. The number of amides is 2. The van der Waals surface area contributed by atoms with E-state index in [9.17, 15) is 32.9 Å². The first-order chi connectivity index (χ1) is 15.6. The highest BCUT2D eigenvalue weighted by Gasteiger charge is 2.36. The minimum Gasteiger partial charge on any atom is -0.336 e. The van der Waals surface area contributed by atoms with Gasteiger partial charge < -0.3 is 10.2 Å². The molecule has 1 aliphatic heterocycles. The van der Waals surface area contributed by atoms with Crippen LogP contribution >= 0.6 is 0 Å². The van der Waals surface area contributed by atoms with E-state index in [2.05, 4.69) is 5.32 Å². The Morgan fingerprint density at radius 1 is 1.06 bits per heavy atom. The summed E-state index contributed by atoms with van der Waals surface area (Å²) in [5, 5.41) is 13.7. The molecule has 176 valence electrons. The smallest absolute Gasteiger partial charge is 0.336 e. The van der Waals surface area contributed by atoms with Gasteiger partial charge in [-0.15, -0.1) is 0 Å². The van der Waals surface area contributed by atoms with Gasteiger partial charge in [0.1, 0.15) is 0 Å². The Hall–Kier alpha value is -3.47.